The van der Waals surface area contributed by atoms with Gasteiger partial charge < -0.3 is 14.7 Å². The van der Waals surface area contributed by atoms with Gasteiger partial charge in [0, 0.05) is 4.47 Å². The average molecular weight is 336 g/mol. The third-order valence-electron chi connectivity index (χ3n) is 2.50. The molecular formula is C15H14BrNO3. The molecule has 2 rings (SSSR count). The maximum Gasteiger partial charge on any atom is 0.122 e. The Balaban J connectivity index is 1.78. The molecule has 4 nitrogen and oxygen atoms in total. The minimum Gasteiger partial charge on any atom is -0.490 e. The molecule has 0 atom stereocenters. The van der Waals surface area contributed by atoms with Crippen molar-refractivity contribution in [1.82, 2.24) is 0 Å². The molecule has 0 fully saturated rings. The Morgan fingerprint density at radius 1 is 1.00 bits per heavy atom. The van der Waals surface area contributed by atoms with E-state index in [0.29, 0.717) is 19.0 Å². The highest BCUT2D eigenvalue weighted by molar-refractivity contribution is 9.10. The SMILES string of the molecule is ON=Cc1cccc(OCCOc2ccc(Br)cc2)c1. The number of oxime groups is 1. The summed E-state index contributed by atoms with van der Waals surface area (Å²) in [4.78, 5) is 0. The molecule has 0 bridgehead atoms. The quantitative estimate of drug-likeness (QED) is 0.379. The maximum atomic E-state index is 8.48. The van der Waals surface area contributed by atoms with Gasteiger partial charge in [-0.2, -0.15) is 0 Å². The Kier molecular flexibility index (Phi) is 5.43. The number of ether oxygens (including phenoxy) is 2. The van der Waals surface area contributed by atoms with E-state index in [4.69, 9.17) is 14.7 Å². The molecule has 0 aliphatic heterocycles. The molecule has 0 aliphatic rings. The van der Waals surface area contributed by atoms with E-state index in [1.165, 1.54) is 6.21 Å². The van der Waals surface area contributed by atoms with E-state index < -0.39 is 0 Å². The first-order valence-corrected chi connectivity index (χ1v) is 6.86. The van der Waals surface area contributed by atoms with Crippen molar-refractivity contribution in [2.75, 3.05) is 13.2 Å². The molecule has 1 N–H and O–H groups in total. The van der Waals surface area contributed by atoms with Crippen molar-refractivity contribution < 1.29 is 14.7 Å². The number of nitrogens with zero attached hydrogens (tertiary/aromatic N) is 1. The first-order chi connectivity index (χ1) is 9.78. The summed E-state index contributed by atoms with van der Waals surface area (Å²) in [6, 6.07) is 14.9. The van der Waals surface area contributed by atoms with Gasteiger partial charge >= 0.3 is 0 Å². The van der Waals surface area contributed by atoms with Crippen LogP contribution in [0.1, 0.15) is 5.56 Å². The van der Waals surface area contributed by atoms with E-state index in [9.17, 15) is 0 Å². The van der Waals surface area contributed by atoms with Crippen LogP contribution in [0.4, 0.5) is 0 Å². The molecule has 0 amide bonds. The smallest absolute Gasteiger partial charge is 0.122 e. The van der Waals surface area contributed by atoms with Gasteiger partial charge in [0.25, 0.3) is 0 Å². The van der Waals surface area contributed by atoms with E-state index in [-0.39, 0.29) is 0 Å². The summed E-state index contributed by atoms with van der Waals surface area (Å²) >= 11 is 3.37. The molecule has 0 saturated heterocycles. The van der Waals surface area contributed by atoms with Crippen LogP contribution in [-0.4, -0.2) is 24.6 Å². The zero-order chi connectivity index (χ0) is 14.2. The van der Waals surface area contributed by atoms with E-state index >= 15 is 0 Å². The average Bonchev–Trinajstić information content (AvgIpc) is 2.46. The van der Waals surface area contributed by atoms with Gasteiger partial charge in [0.1, 0.15) is 24.7 Å². The van der Waals surface area contributed by atoms with Gasteiger partial charge in [0.05, 0.1) is 6.21 Å². The Hall–Kier alpha value is -2.01. The lowest BCUT2D eigenvalue weighted by molar-refractivity contribution is 0.217. The first-order valence-electron chi connectivity index (χ1n) is 6.06. The van der Waals surface area contributed by atoms with E-state index in [1.807, 2.05) is 42.5 Å². The fourth-order valence-electron chi connectivity index (χ4n) is 1.60. The normalized spacial score (nSPS) is 10.7. The zero-order valence-corrected chi connectivity index (χ0v) is 12.3. The lowest BCUT2D eigenvalue weighted by atomic mass is 10.2. The Morgan fingerprint density at radius 2 is 1.70 bits per heavy atom. The minimum atomic E-state index is 0.440. The minimum absolute atomic E-state index is 0.440. The second-order valence-electron chi connectivity index (χ2n) is 3.97. The van der Waals surface area contributed by atoms with Crippen molar-refractivity contribution in [3.63, 3.8) is 0 Å². The van der Waals surface area contributed by atoms with Crippen LogP contribution in [0, 0.1) is 0 Å². The highest BCUT2D eigenvalue weighted by Gasteiger charge is 1.97. The molecule has 2 aromatic carbocycles. The molecular weight excluding hydrogens is 322 g/mol. The Morgan fingerprint density at radius 3 is 2.40 bits per heavy atom. The van der Waals surface area contributed by atoms with Crippen LogP contribution in [0.15, 0.2) is 58.2 Å². The van der Waals surface area contributed by atoms with Gasteiger partial charge in [-0.3, -0.25) is 0 Å². The van der Waals surface area contributed by atoms with Crippen LogP contribution in [0.25, 0.3) is 0 Å². The van der Waals surface area contributed by atoms with Crippen molar-refractivity contribution in [2.24, 2.45) is 5.16 Å². The molecule has 20 heavy (non-hydrogen) atoms. The maximum absolute atomic E-state index is 8.48. The van der Waals surface area contributed by atoms with Gasteiger partial charge in [0.2, 0.25) is 0 Å². The Bertz CT molecular complexity index is 570. The number of hydrogen-bond donors (Lipinski definition) is 1. The van der Waals surface area contributed by atoms with Gasteiger partial charge in [-0.05, 0) is 42.0 Å². The third-order valence-corrected chi connectivity index (χ3v) is 3.03. The van der Waals surface area contributed by atoms with Crippen LogP contribution >= 0.6 is 15.9 Å². The van der Waals surface area contributed by atoms with E-state index in [1.54, 1.807) is 6.07 Å². The summed E-state index contributed by atoms with van der Waals surface area (Å²) in [6.07, 6.45) is 1.35. The van der Waals surface area contributed by atoms with Gasteiger partial charge in [-0.1, -0.05) is 33.2 Å². The lowest BCUT2D eigenvalue weighted by Gasteiger charge is -2.08. The molecule has 0 aromatic heterocycles. The molecule has 0 radical (unpaired) electrons. The Labute approximate surface area is 125 Å². The number of halogens is 1. The number of hydrogen-bond acceptors (Lipinski definition) is 4. The molecule has 2 aromatic rings. The first kappa shape index (κ1) is 14.4. The molecule has 0 spiro atoms. The summed E-state index contributed by atoms with van der Waals surface area (Å²) in [6.45, 7) is 0.899. The summed E-state index contributed by atoms with van der Waals surface area (Å²) in [5, 5.41) is 11.5. The largest absolute Gasteiger partial charge is 0.490 e. The fourth-order valence-corrected chi connectivity index (χ4v) is 1.87. The van der Waals surface area contributed by atoms with Gasteiger partial charge in [-0.25, -0.2) is 0 Å². The standard InChI is InChI=1S/C15H14BrNO3/c16-13-4-6-14(7-5-13)19-8-9-20-15-3-1-2-12(10-15)11-17-18/h1-7,10-11,18H,8-9H2. The van der Waals surface area contributed by atoms with Crippen LogP contribution in [0.2, 0.25) is 0 Å². The number of benzene rings is 2. The highest BCUT2D eigenvalue weighted by atomic mass is 79.9. The van der Waals surface area contributed by atoms with Crippen LogP contribution in [0.3, 0.4) is 0 Å². The van der Waals surface area contributed by atoms with Crippen LogP contribution in [-0.2, 0) is 0 Å². The highest BCUT2D eigenvalue weighted by Crippen LogP contribution is 2.16. The summed E-state index contributed by atoms with van der Waals surface area (Å²) in [7, 11) is 0. The van der Waals surface area contributed by atoms with Crippen molar-refractivity contribution in [2.45, 2.75) is 0 Å². The van der Waals surface area contributed by atoms with Crippen LogP contribution in [0.5, 0.6) is 11.5 Å². The second-order valence-corrected chi connectivity index (χ2v) is 4.88. The fraction of sp³-hybridized carbons (Fsp3) is 0.133. The van der Waals surface area contributed by atoms with Crippen LogP contribution < -0.4 is 9.47 Å². The summed E-state index contributed by atoms with van der Waals surface area (Å²) in [5.41, 5.74) is 0.777. The monoisotopic (exact) mass is 335 g/mol. The predicted octanol–water partition coefficient (Wildman–Crippen LogP) is 3.72. The molecule has 104 valence electrons. The van der Waals surface area contributed by atoms with Gasteiger partial charge in [-0.15, -0.1) is 0 Å². The van der Waals surface area contributed by atoms with Crippen molar-refractivity contribution in [1.29, 1.82) is 0 Å². The zero-order valence-electron chi connectivity index (χ0n) is 10.7. The third kappa shape index (κ3) is 4.59. The topological polar surface area (TPSA) is 51.1 Å². The van der Waals surface area contributed by atoms with Crippen molar-refractivity contribution in [3.05, 3.63) is 58.6 Å². The summed E-state index contributed by atoms with van der Waals surface area (Å²) < 4.78 is 12.1. The molecule has 0 saturated carbocycles. The van der Waals surface area contributed by atoms with E-state index in [0.717, 1.165) is 15.8 Å². The summed E-state index contributed by atoms with van der Waals surface area (Å²) in [5.74, 6) is 1.51. The van der Waals surface area contributed by atoms with Crippen molar-refractivity contribution in [3.8, 4) is 11.5 Å². The second kappa shape index (κ2) is 7.55. The number of rotatable bonds is 6. The van der Waals surface area contributed by atoms with Crippen molar-refractivity contribution >= 4 is 22.1 Å². The molecule has 5 heteroatoms. The van der Waals surface area contributed by atoms with E-state index in [2.05, 4.69) is 21.1 Å². The van der Waals surface area contributed by atoms with Gasteiger partial charge in [0.15, 0.2) is 0 Å². The molecule has 0 heterocycles. The molecule has 0 unspecified atom stereocenters. The lowest BCUT2D eigenvalue weighted by Crippen LogP contribution is -2.09. The molecule has 0 aliphatic carbocycles. The predicted molar refractivity (Wildman–Crippen MR) is 81.0 cm³/mol.